The Hall–Kier alpha value is -2.06. The van der Waals surface area contributed by atoms with E-state index in [0.717, 1.165) is 60.7 Å². The highest BCUT2D eigenvalue weighted by atomic mass is 32.1. The molecule has 0 aromatic carbocycles. The number of piperazine rings is 1. The molecule has 1 amide bonds. The normalized spacial score (nSPS) is 18.0. The second-order valence-electron chi connectivity index (χ2n) is 6.88. The Labute approximate surface area is 149 Å². The second kappa shape index (κ2) is 5.74. The summed E-state index contributed by atoms with van der Waals surface area (Å²) in [5.41, 5.74) is 2.18. The average molecular weight is 357 g/mol. The fourth-order valence-corrected chi connectivity index (χ4v) is 5.24. The van der Waals surface area contributed by atoms with E-state index in [9.17, 15) is 4.79 Å². The molecule has 5 rings (SSSR count). The molecule has 25 heavy (non-hydrogen) atoms. The largest absolute Gasteiger partial charge is 0.343 e. The molecule has 0 radical (unpaired) electrons. The number of amides is 1. The lowest BCUT2D eigenvalue weighted by atomic mass is 9.97. The van der Waals surface area contributed by atoms with E-state index in [1.54, 1.807) is 15.9 Å². The third-order valence-corrected chi connectivity index (χ3v) is 6.42. The maximum Gasteiger partial charge on any atom is 0.293 e. The van der Waals surface area contributed by atoms with Crippen LogP contribution in [0.4, 0.5) is 0 Å². The number of thiophene rings is 1. The number of nitrogens with zero attached hydrogens (tertiary/aromatic N) is 5. The minimum Gasteiger partial charge on any atom is -0.343 e. The molecule has 130 valence electrons. The van der Waals surface area contributed by atoms with Crippen LogP contribution in [0.3, 0.4) is 0 Å². The molecule has 3 aromatic rings. The van der Waals surface area contributed by atoms with Gasteiger partial charge in [0.25, 0.3) is 5.91 Å². The van der Waals surface area contributed by atoms with Crippen molar-refractivity contribution in [2.75, 3.05) is 26.2 Å². The summed E-state index contributed by atoms with van der Waals surface area (Å²) in [6.07, 6.45) is 4.67. The Balaban J connectivity index is 1.67. The maximum atomic E-state index is 12.8. The number of hydrogen-bond acceptors (Lipinski definition) is 5. The van der Waals surface area contributed by atoms with Gasteiger partial charge in [0.1, 0.15) is 10.7 Å². The molecule has 1 fully saturated rings. The standard InChI is InChI=1S/C17H20N6OS/c1-10-19-16-13(11-4-2-3-5-12(11)25-16)15-20-14(21-23(10)15)17(24)22-8-6-18-7-9-22/h18H,2-9H2,1H3/p+1. The van der Waals surface area contributed by atoms with Gasteiger partial charge in [-0.05, 0) is 38.2 Å². The highest BCUT2D eigenvalue weighted by molar-refractivity contribution is 7.19. The zero-order chi connectivity index (χ0) is 17.0. The number of carbonyl (C=O) groups excluding carboxylic acids is 1. The molecule has 2 N–H and O–H groups in total. The lowest BCUT2D eigenvalue weighted by molar-refractivity contribution is -0.661. The summed E-state index contributed by atoms with van der Waals surface area (Å²) in [5.74, 6) is 1.03. The predicted octanol–water partition coefficient (Wildman–Crippen LogP) is 0.545. The van der Waals surface area contributed by atoms with Gasteiger partial charge < -0.3 is 10.2 Å². The molecule has 8 heteroatoms. The van der Waals surface area contributed by atoms with Gasteiger partial charge >= 0.3 is 0 Å². The molecule has 0 saturated carbocycles. The second-order valence-corrected chi connectivity index (χ2v) is 7.96. The maximum absolute atomic E-state index is 12.8. The average Bonchev–Trinajstić information content (AvgIpc) is 3.23. The first-order valence-corrected chi connectivity index (χ1v) is 9.82. The quantitative estimate of drug-likeness (QED) is 0.690. The molecule has 0 unspecified atom stereocenters. The Morgan fingerprint density at radius 2 is 1.96 bits per heavy atom. The summed E-state index contributed by atoms with van der Waals surface area (Å²) < 4.78 is 1.76. The number of aryl methyl sites for hydroxylation is 3. The molecule has 2 aliphatic rings. The minimum atomic E-state index is -0.0616. The van der Waals surface area contributed by atoms with Crippen LogP contribution in [0.5, 0.6) is 0 Å². The Kier molecular flexibility index (Phi) is 3.49. The summed E-state index contributed by atoms with van der Waals surface area (Å²) in [6, 6.07) is 0. The summed E-state index contributed by atoms with van der Waals surface area (Å²) in [6.45, 7) is 5.34. The van der Waals surface area contributed by atoms with Crippen LogP contribution in [0.1, 0.15) is 39.7 Å². The number of rotatable bonds is 1. The van der Waals surface area contributed by atoms with Crippen molar-refractivity contribution in [2.24, 2.45) is 0 Å². The monoisotopic (exact) mass is 357 g/mol. The molecule has 0 atom stereocenters. The zero-order valence-corrected chi connectivity index (χ0v) is 15.1. The van der Waals surface area contributed by atoms with Crippen molar-refractivity contribution in [1.82, 2.24) is 24.5 Å². The van der Waals surface area contributed by atoms with E-state index in [1.165, 1.54) is 23.3 Å². The van der Waals surface area contributed by atoms with Gasteiger partial charge in [0.2, 0.25) is 5.82 Å². The van der Waals surface area contributed by atoms with Gasteiger partial charge in [-0.1, -0.05) is 0 Å². The van der Waals surface area contributed by atoms with Gasteiger partial charge in [-0.15, -0.1) is 16.4 Å². The summed E-state index contributed by atoms with van der Waals surface area (Å²) in [7, 11) is 0. The summed E-state index contributed by atoms with van der Waals surface area (Å²) in [4.78, 5) is 26.5. The van der Waals surface area contributed by atoms with E-state index in [1.807, 2.05) is 11.8 Å². The summed E-state index contributed by atoms with van der Waals surface area (Å²) >= 11 is 1.78. The van der Waals surface area contributed by atoms with Gasteiger partial charge in [0.05, 0.1) is 31.6 Å². The minimum absolute atomic E-state index is 0.0616. The predicted molar refractivity (Wildman–Crippen MR) is 95.1 cm³/mol. The lowest BCUT2D eigenvalue weighted by Gasteiger charge is -2.23. The van der Waals surface area contributed by atoms with Crippen LogP contribution in [0.2, 0.25) is 0 Å². The van der Waals surface area contributed by atoms with Gasteiger partial charge in [-0.25, -0.2) is 9.97 Å². The van der Waals surface area contributed by atoms with Crippen molar-refractivity contribution in [3.8, 4) is 0 Å². The van der Waals surface area contributed by atoms with Crippen molar-refractivity contribution in [1.29, 1.82) is 0 Å². The highest BCUT2D eigenvalue weighted by Crippen LogP contribution is 2.37. The topological polar surface area (TPSA) is 80.0 Å². The molecular weight excluding hydrogens is 336 g/mol. The number of quaternary nitrogens is 1. The Morgan fingerprint density at radius 1 is 1.16 bits per heavy atom. The van der Waals surface area contributed by atoms with E-state index < -0.39 is 0 Å². The van der Waals surface area contributed by atoms with Crippen LogP contribution < -0.4 is 5.32 Å². The molecule has 3 aromatic heterocycles. The number of hydrogen-bond donors (Lipinski definition) is 1. The molecule has 1 aliphatic heterocycles. The molecule has 0 spiro atoms. The van der Waals surface area contributed by atoms with Crippen molar-refractivity contribution in [3.63, 3.8) is 0 Å². The first-order chi connectivity index (χ1) is 12.2. The van der Waals surface area contributed by atoms with Crippen LogP contribution in [-0.4, -0.2) is 56.6 Å². The van der Waals surface area contributed by atoms with Gasteiger partial charge in [-0.2, -0.15) is 4.52 Å². The van der Waals surface area contributed by atoms with E-state index in [2.05, 4.69) is 15.4 Å². The SMILES string of the molecule is Cc1nc2sc3c(c2c2nc(C(=O)N4CC[NH2+]CC4)nn12)CCCC3. The van der Waals surface area contributed by atoms with Crippen molar-refractivity contribution < 1.29 is 10.1 Å². The first kappa shape index (κ1) is 15.2. The van der Waals surface area contributed by atoms with Crippen LogP contribution in [-0.2, 0) is 12.8 Å². The first-order valence-electron chi connectivity index (χ1n) is 9.01. The molecule has 4 heterocycles. The number of aromatic nitrogens is 4. The van der Waals surface area contributed by atoms with Crippen molar-refractivity contribution >= 4 is 33.1 Å². The van der Waals surface area contributed by atoms with Gasteiger partial charge in [0, 0.05) is 4.88 Å². The van der Waals surface area contributed by atoms with Crippen molar-refractivity contribution in [2.45, 2.75) is 32.6 Å². The Morgan fingerprint density at radius 3 is 2.80 bits per heavy atom. The number of fused-ring (bicyclic) bond motifs is 5. The number of nitrogens with two attached hydrogens (primary N) is 1. The third-order valence-electron chi connectivity index (χ3n) is 5.24. The molecule has 1 saturated heterocycles. The highest BCUT2D eigenvalue weighted by Gasteiger charge is 2.26. The van der Waals surface area contributed by atoms with Gasteiger partial charge in [0.15, 0.2) is 5.65 Å². The third kappa shape index (κ3) is 2.35. The van der Waals surface area contributed by atoms with Gasteiger partial charge in [-0.3, -0.25) is 4.79 Å². The van der Waals surface area contributed by atoms with Crippen LogP contribution >= 0.6 is 11.3 Å². The molecule has 1 aliphatic carbocycles. The summed E-state index contributed by atoms with van der Waals surface area (Å²) in [5, 5.41) is 7.86. The van der Waals surface area contributed by atoms with Crippen LogP contribution in [0, 0.1) is 6.92 Å². The van der Waals surface area contributed by atoms with E-state index in [-0.39, 0.29) is 5.91 Å². The lowest BCUT2D eigenvalue weighted by Crippen LogP contribution is -2.89. The van der Waals surface area contributed by atoms with Crippen LogP contribution in [0.25, 0.3) is 15.9 Å². The van der Waals surface area contributed by atoms with E-state index in [0.29, 0.717) is 5.82 Å². The zero-order valence-electron chi connectivity index (χ0n) is 14.3. The van der Waals surface area contributed by atoms with Crippen molar-refractivity contribution in [3.05, 3.63) is 22.1 Å². The molecular formula is C17H21N6OS+. The molecule has 0 bridgehead atoms. The molecule has 7 nitrogen and oxygen atoms in total. The fraction of sp³-hybridized carbons (Fsp3) is 0.529. The smallest absolute Gasteiger partial charge is 0.293 e. The fourth-order valence-electron chi connectivity index (χ4n) is 3.94. The van der Waals surface area contributed by atoms with E-state index >= 15 is 0 Å². The van der Waals surface area contributed by atoms with E-state index in [4.69, 9.17) is 4.98 Å². The number of carbonyl (C=O) groups is 1. The Bertz CT molecular complexity index is 984. The van der Waals surface area contributed by atoms with Crippen LogP contribution in [0.15, 0.2) is 0 Å².